The molecule has 3 rings (SSSR count). The highest BCUT2D eigenvalue weighted by molar-refractivity contribution is 7.16. The van der Waals surface area contributed by atoms with Gasteiger partial charge in [-0.05, 0) is 24.6 Å². The average molecular weight is 349 g/mol. The summed E-state index contributed by atoms with van der Waals surface area (Å²) in [7, 11) is 0. The van der Waals surface area contributed by atoms with Crippen molar-refractivity contribution in [3.63, 3.8) is 0 Å². The van der Waals surface area contributed by atoms with Gasteiger partial charge in [-0.15, -0.1) is 0 Å². The summed E-state index contributed by atoms with van der Waals surface area (Å²) in [6, 6.07) is 6.97. The number of nitrogens with zero attached hydrogens (tertiary/aromatic N) is 3. The Morgan fingerprint density at radius 3 is 2.88 bits per heavy atom. The SMILES string of the molecule is CCCn1c(=NC(=O)c2ccc([N+](=O)[O-])o2)sc2cccc(F)c21. The van der Waals surface area contributed by atoms with Crippen molar-refractivity contribution in [2.45, 2.75) is 19.9 Å². The average Bonchev–Trinajstić information content (AvgIpc) is 3.14. The molecule has 0 saturated heterocycles. The van der Waals surface area contributed by atoms with Gasteiger partial charge in [0.1, 0.15) is 10.7 Å². The highest BCUT2D eigenvalue weighted by atomic mass is 32.1. The number of carbonyl (C=O) groups is 1. The molecule has 3 aromatic rings. The van der Waals surface area contributed by atoms with E-state index in [4.69, 9.17) is 4.42 Å². The minimum absolute atomic E-state index is 0.234. The second-order valence-electron chi connectivity index (χ2n) is 4.93. The molecule has 124 valence electrons. The number of furan rings is 1. The van der Waals surface area contributed by atoms with Gasteiger partial charge in [0.05, 0.1) is 16.3 Å². The Kier molecular flexibility index (Phi) is 4.26. The Labute approximate surface area is 138 Å². The molecule has 0 saturated carbocycles. The molecule has 0 fully saturated rings. The Morgan fingerprint density at radius 1 is 1.42 bits per heavy atom. The van der Waals surface area contributed by atoms with Gasteiger partial charge in [0, 0.05) is 6.54 Å². The predicted octanol–water partition coefficient (Wildman–Crippen LogP) is 3.49. The van der Waals surface area contributed by atoms with Crippen molar-refractivity contribution in [2.24, 2.45) is 4.99 Å². The summed E-state index contributed by atoms with van der Waals surface area (Å²) in [5.74, 6) is -1.90. The number of hydrogen-bond donors (Lipinski definition) is 0. The monoisotopic (exact) mass is 349 g/mol. The third-order valence-corrected chi connectivity index (χ3v) is 4.32. The van der Waals surface area contributed by atoms with Crippen LogP contribution in [0.15, 0.2) is 39.7 Å². The van der Waals surface area contributed by atoms with E-state index < -0.39 is 16.7 Å². The minimum Gasteiger partial charge on any atom is -0.395 e. The summed E-state index contributed by atoms with van der Waals surface area (Å²) in [5, 5.41) is 10.6. The smallest absolute Gasteiger partial charge is 0.395 e. The quantitative estimate of drug-likeness (QED) is 0.532. The van der Waals surface area contributed by atoms with Crippen LogP contribution in [0.3, 0.4) is 0 Å². The molecule has 0 aliphatic rings. The van der Waals surface area contributed by atoms with Crippen LogP contribution in [0.25, 0.3) is 10.2 Å². The summed E-state index contributed by atoms with van der Waals surface area (Å²) in [4.78, 5) is 26.3. The number of aromatic nitrogens is 1. The molecule has 1 amide bonds. The summed E-state index contributed by atoms with van der Waals surface area (Å²) in [6.45, 7) is 2.42. The van der Waals surface area contributed by atoms with Crippen LogP contribution >= 0.6 is 11.3 Å². The first-order valence-corrected chi connectivity index (χ1v) is 7.94. The third-order valence-electron chi connectivity index (χ3n) is 3.28. The fourth-order valence-electron chi connectivity index (χ4n) is 2.29. The summed E-state index contributed by atoms with van der Waals surface area (Å²) in [6.07, 6.45) is 0.730. The van der Waals surface area contributed by atoms with E-state index in [9.17, 15) is 19.3 Å². The molecule has 9 heteroatoms. The predicted molar refractivity (Wildman–Crippen MR) is 85.3 cm³/mol. The lowest BCUT2D eigenvalue weighted by molar-refractivity contribution is -0.402. The number of nitro groups is 1. The summed E-state index contributed by atoms with van der Waals surface area (Å²) >= 11 is 1.17. The van der Waals surface area contributed by atoms with Gasteiger partial charge in [-0.25, -0.2) is 4.39 Å². The number of para-hydroxylation sites is 1. The van der Waals surface area contributed by atoms with Gasteiger partial charge >= 0.3 is 11.8 Å². The standard InChI is InChI=1S/C15H12FN3O4S/c1-2-8-18-13-9(16)4-3-5-11(13)24-15(18)17-14(20)10-6-7-12(23-10)19(21)22/h3-7H,2,8H2,1H3. The lowest BCUT2D eigenvalue weighted by Gasteiger charge is -2.02. The van der Waals surface area contributed by atoms with E-state index in [1.165, 1.54) is 23.5 Å². The molecule has 2 aromatic heterocycles. The molecule has 0 spiro atoms. The first kappa shape index (κ1) is 16.1. The number of halogens is 1. The molecule has 0 aliphatic carbocycles. The van der Waals surface area contributed by atoms with Crippen molar-refractivity contribution in [3.8, 4) is 0 Å². The summed E-state index contributed by atoms with van der Waals surface area (Å²) < 4.78 is 21.3. The molecule has 7 nitrogen and oxygen atoms in total. The number of amides is 1. The maximum absolute atomic E-state index is 14.1. The zero-order valence-corrected chi connectivity index (χ0v) is 13.4. The second kappa shape index (κ2) is 6.36. The molecule has 0 unspecified atom stereocenters. The molecule has 24 heavy (non-hydrogen) atoms. The van der Waals surface area contributed by atoms with Crippen molar-refractivity contribution in [1.82, 2.24) is 4.57 Å². The molecule has 0 aliphatic heterocycles. The first-order valence-electron chi connectivity index (χ1n) is 7.12. The van der Waals surface area contributed by atoms with Crippen LogP contribution in [0.1, 0.15) is 23.9 Å². The van der Waals surface area contributed by atoms with Crippen LogP contribution in [0.4, 0.5) is 10.3 Å². The third kappa shape index (κ3) is 2.85. The Balaban J connectivity index is 2.11. The maximum atomic E-state index is 14.1. The molecule has 0 bridgehead atoms. The van der Waals surface area contributed by atoms with Crippen LogP contribution in [0.2, 0.25) is 0 Å². The number of carbonyl (C=O) groups excluding carboxylic acids is 1. The number of hydrogen-bond acceptors (Lipinski definition) is 5. The van der Waals surface area contributed by atoms with Crippen molar-refractivity contribution < 1.29 is 18.5 Å². The molecule has 2 heterocycles. The van der Waals surface area contributed by atoms with Crippen molar-refractivity contribution in [2.75, 3.05) is 0 Å². The lowest BCUT2D eigenvalue weighted by Crippen LogP contribution is -2.17. The maximum Gasteiger partial charge on any atom is 0.433 e. The zero-order chi connectivity index (χ0) is 17.3. The van der Waals surface area contributed by atoms with E-state index in [-0.39, 0.29) is 11.6 Å². The number of aryl methyl sites for hydroxylation is 1. The first-order chi connectivity index (χ1) is 11.5. The van der Waals surface area contributed by atoms with E-state index in [1.807, 2.05) is 6.92 Å². The molecular formula is C15H12FN3O4S. The molecular weight excluding hydrogens is 337 g/mol. The Hall–Kier alpha value is -2.81. The number of thiazole rings is 1. The summed E-state index contributed by atoms with van der Waals surface area (Å²) in [5.41, 5.74) is 0.390. The fraction of sp³-hybridized carbons (Fsp3) is 0.200. The molecule has 0 radical (unpaired) electrons. The van der Waals surface area contributed by atoms with Crippen molar-refractivity contribution in [1.29, 1.82) is 0 Å². The van der Waals surface area contributed by atoms with Crippen LogP contribution in [0.5, 0.6) is 0 Å². The van der Waals surface area contributed by atoms with E-state index in [2.05, 4.69) is 4.99 Å². The van der Waals surface area contributed by atoms with Gasteiger partial charge in [0.25, 0.3) is 0 Å². The zero-order valence-electron chi connectivity index (χ0n) is 12.6. The van der Waals surface area contributed by atoms with Gasteiger partial charge in [0.15, 0.2) is 4.80 Å². The highest BCUT2D eigenvalue weighted by Crippen LogP contribution is 2.21. The van der Waals surface area contributed by atoms with Gasteiger partial charge in [-0.1, -0.05) is 24.3 Å². The molecule has 0 N–H and O–H groups in total. The largest absolute Gasteiger partial charge is 0.433 e. The van der Waals surface area contributed by atoms with E-state index in [1.54, 1.807) is 16.7 Å². The fourth-order valence-corrected chi connectivity index (χ4v) is 3.35. The minimum atomic E-state index is -0.750. The van der Waals surface area contributed by atoms with E-state index in [0.717, 1.165) is 12.5 Å². The van der Waals surface area contributed by atoms with Gasteiger partial charge in [-0.3, -0.25) is 14.9 Å². The van der Waals surface area contributed by atoms with E-state index >= 15 is 0 Å². The van der Waals surface area contributed by atoms with Gasteiger partial charge in [-0.2, -0.15) is 4.99 Å². The van der Waals surface area contributed by atoms with Crippen LogP contribution in [-0.2, 0) is 6.54 Å². The van der Waals surface area contributed by atoms with Gasteiger partial charge in [0.2, 0.25) is 5.76 Å². The molecule has 0 atom stereocenters. The topological polar surface area (TPSA) is 90.6 Å². The Morgan fingerprint density at radius 2 is 2.21 bits per heavy atom. The number of rotatable bonds is 4. The Bertz CT molecular complexity index is 1000. The second-order valence-corrected chi connectivity index (χ2v) is 5.94. The van der Waals surface area contributed by atoms with Crippen molar-refractivity contribution in [3.05, 3.63) is 56.8 Å². The van der Waals surface area contributed by atoms with Crippen molar-refractivity contribution >= 4 is 33.3 Å². The van der Waals surface area contributed by atoms with Crippen LogP contribution in [-0.4, -0.2) is 15.4 Å². The van der Waals surface area contributed by atoms with Crippen LogP contribution < -0.4 is 4.80 Å². The number of fused-ring (bicyclic) bond motifs is 1. The normalized spacial score (nSPS) is 12.0. The van der Waals surface area contributed by atoms with Crippen LogP contribution in [0, 0.1) is 15.9 Å². The van der Waals surface area contributed by atoms with Gasteiger partial charge < -0.3 is 8.98 Å². The number of benzene rings is 1. The van der Waals surface area contributed by atoms with E-state index in [0.29, 0.717) is 21.6 Å². The highest BCUT2D eigenvalue weighted by Gasteiger charge is 2.18. The molecule has 1 aromatic carbocycles. The lowest BCUT2D eigenvalue weighted by atomic mass is 10.3.